The van der Waals surface area contributed by atoms with Crippen LogP contribution in [0.15, 0.2) is 22.4 Å². The molecule has 2 aromatic heterocycles. The minimum atomic E-state index is -4.54. The summed E-state index contributed by atoms with van der Waals surface area (Å²) in [5.41, 5.74) is 0.661. The summed E-state index contributed by atoms with van der Waals surface area (Å²) in [5, 5.41) is 3.77. The van der Waals surface area contributed by atoms with Crippen molar-refractivity contribution in [2.24, 2.45) is 0 Å². The van der Waals surface area contributed by atoms with Crippen molar-refractivity contribution >= 4 is 11.3 Å². The molecule has 0 saturated carbocycles. The maximum Gasteiger partial charge on any atom is 0.433 e. The molecule has 9 heteroatoms. The lowest BCUT2D eigenvalue weighted by Crippen LogP contribution is -2.17. The molecule has 2 aromatic rings. The summed E-state index contributed by atoms with van der Waals surface area (Å²) < 4.78 is 43.4. The molecule has 0 N–H and O–H groups in total. The summed E-state index contributed by atoms with van der Waals surface area (Å²) in [6.45, 7) is 0.0106. The maximum atomic E-state index is 12.5. The number of hydrogen-bond acceptors (Lipinski definition) is 5. The third-order valence-corrected chi connectivity index (χ3v) is 2.91. The zero-order valence-corrected chi connectivity index (χ0v) is 10.5. The summed E-state index contributed by atoms with van der Waals surface area (Å²) in [5.74, 6) is -0.172. The molecule has 2 rings (SSSR count). The molecule has 0 aliphatic heterocycles. The number of pyridine rings is 1. The second-order valence-corrected chi connectivity index (χ2v) is 4.32. The predicted octanol–water partition coefficient (Wildman–Crippen LogP) is 1.78. The third-order valence-electron chi connectivity index (χ3n) is 2.29. The molecule has 0 spiro atoms. The summed E-state index contributed by atoms with van der Waals surface area (Å²) in [6, 6.07) is 2.07. The van der Waals surface area contributed by atoms with Gasteiger partial charge >= 0.3 is 11.0 Å². The molecule has 0 saturated heterocycles. The van der Waals surface area contributed by atoms with E-state index in [9.17, 15) is 18.0 Å². The van der Waals surface area contributed by atoms with E-state index in [0.717, 1.165) is 22.1 Å². The van der Waals surface area contributed by atoms with Gasteiger partial charge in [-0.3, -0.25) is 4.79 Å². The normalized spacial score (nSPS) is 11.6. The Labute approximate surface area is 109 Å². The smallest absolute Gasteiger partial charge is 0.433 e. The molecule has 0 atom stereocenters. The monoisotopic (exact) mass is 291 g/mol. The summed E-state index contributed by atoms with van der Waals surface area (Å²) in [4.78, 5) is 14.4. The second-order valence-electron chi connectivity index (χ2n) is 3.52. The number of halogens is 3. The van der Waals surface area contributed by atoms with Crippen LogP contribution in [0.2, 0.25) is 0 Å². The van der Waals surface area contributed by atoms with Gasteiger partial charge in [0, 0.05) is 5.56 Å². The van der Waals surface area contributed by atoms with Gasteiger partial charge in [0.15, 0.2) is 0 Å². The molecule has 5 nitrogen and oxygen atoms in total. The van der Waals surface area contributed by atoms with Crippen LogP contribution in [0.1, 0.15) is 11.3 Å². The first-order valence-electron chi connectivity index (χ1n) is 5.03. The van der Waals surface area contributed by atoms with Crippen LogP contribution >= 0.6 is 11.3 Å². The number of ether oxygens (including phenoxy) is 1. The fourth-order valence-corrected chi connectivity index (χ4v) is 1.91. The maximum absolute atomic E-state index is 12.5. The highest BCUT2D eigenvalue weighted by Crippen LogP contribution is 2.30. The van der Waals surface area contributed by atoms with Gasteiger partial charge in [-0.1, -0.05) is 11.3 Å². The number of rotatable bonds is 3. The van der Waals surface area contributed by atoms with Gasteiger partial charge in [0.2, 0.25) is 5.88 Å². The Morgan fingerprint density at radius 1 is 1.42 bits per heavy atom. The number of hydrogen-bond donors (Lipinski definition) is 0. The molecule has 2 heterocycles. The summed E-state index contributed by atoms with van der Waals surface area (Å²) in [7, 11) is 1.22. The Kier molecular flexibility index (Phi) is 3.56. The van der Waals surface area contributed by atoms with Crippen LogP contribution in [-0.2, 0) is 12.7 Å². The third kappa shape index (κ3) is 2.92. The van der Waals surface area contributed by atoms with E-state index in [4.69, 9.17) is 4.74 Å². The van der Waals surface area contributed by atoms with E-state index in [2.05, 4.69) is 10.1 Å². The van der Waals surface area contributed by atoms with Crippen LogP contribution in [0.4, 0.5) is 13.2 Å². The molecular weight excluding hydrogens is 283 g/mol. The first kappa shape index (κ1) is 13.5. The Morgan fingerprint density at radius 3 is 2.68 bits per heavy atom. The van der Waals surface area contributed by atoms with Gasteiger partial charge in [-0.05, 0) is 12.1 Å². The van der Waals surface area contributed by atoms with E-state index in [-0.39, 0.29) is 17.3 Å². The summed E-state index contributed by atoms with van der Waals surface area (Å²) in [6.07, 6.45) is -4.54. The van der Waals surface area contributed by atoms with Crippen LogP contribution in [0.25, 0.3) is 0 Å². The van der Waals surface area contributed by atoms with Gasteiger partial charge in [0.1, 0.15) is 11.2 Å². The quantitative estimate of drug-likeness (QED) is 0.865. The predicted molar refractivity (Wildman–Crippen MR) is 61.3 cm³/mol. The molecule has 0 aromatic carbocycles. The molecule has 0 radical (unpaired) electrons. The highest BCUT2D eigenvalue weighted by Gasteiger charge is 2.33. The van der Waals surface area contributed by atoms with Crippen molar-refractivity contribution in [3.8, 4) is 5.88 Å². The van der Waals surface area contributed by atoms with Crippen molar-refractivity contribution in [1.29, 1.82) is 0 Å². The minimum Gasteiger partial charge on any atom is -0.481 e. The average Bonchev–Trinajstić information content (AvgIpc) is 2.74. The molecule has 0 aliphatic rings. The van der Waals surface area contributed by atoms with E-state index >= 15 is 0 Å². The lowest BCUT2D eigenvalue weighted by molar-refractivity contribution is -0.141. The molecule has 0 bridgehead atoms. The fraction of sp³-hybridized carbons (Fsp3) is 0.300. The molecule has 0 amide bonds. The van der Waals surface area contributed by atoms with Crippen molar-refractivity contribution in [2.45, 2.75) is 12.7 Å². The fourth-order valence-electron chi connectivity index (χ4n) is 1.42. The van der Waals surface area contributed by atoms with Gasteiger partial charge in [-0.2, -0.15) is 18.3 Å². The highest BCUT2D eigenvalue weighted by atomic mass is 32.1. The van der Waals surface area contributed by atoms with Crippen LogP contribution < -0.4 is 9.61 Å². The zero-order chi connectivity index (χ0) is 14.0. The second kappa shape index (κ2) is 5.00. The largest absolute Gasteiger partial charge is 0.481 e. The van der Waals surface area contributed by atoms with Gasteiger partial charge in [-0.15, -0.1) is 0 Å². The van der Waals surface area contributed by atoms with Crippen molar-refractivity contribution in [3.63, 3.8) is 0 Å². The number of aromatic nitrogens is 3. The first-order chi connectivity index (χ1) is 8.91. The van der Waals surface area contributed by atoms with Crippen LogP contribution in [0.5, 0.6) is 5.88 Å². The van der Waals surface area contributed by atoms with Crippen LogP contribution in [0, 0.1) is 0 Å². The van der Waals surface area contributed by atoms with E-state index < -0.39 is 11.9 Å². The number of alkyl halides is 3. The van der Waals surface area contributed by atoms with E-state index in [1.807, 2.05) is 0 Å². The van der Waals surface area contributed by atoms with E-state index in [1.54, 1.807) is 0 Å². The number of nitrogens with zero attached hydrogens (tertiary/aromatic N) is 3. The molecule has 0 unspecified atom stereocenters. The summed E-state index contributed by atoms with van der Waals surface area (Å²) >= 11 is 0.900. The first-order valence-corrected chi connectivity index (χ1v) is 5.91. The molecule has 0 fully saturated rings. The Balaban J connectivity index is 2.37. The average molecular weight is 291 g/mol. The molecule has 19 heavy (non-hydrogen) atoms. The number of methoxy groups -OCH3 is 1. The van der Waals surface area contributed by atoms with Crippen molar-refractivity contribution in [1.82, 2.24) is 14.8 Å². The minimum absolute atomic E-state index is 0.0106. The van der Waals surface area contributed by atoms with E-state index in [0.29, 0.717) is 5.56 Å². The van der Waals surface area contributed by atoms with E-state index in [1.165, 1.54) is 18.7 Å². The lowest BCUT2D eigenvalue weighted by Gasteiger charge is -2.11. The zero-order valence-electron chi connectivity index (χ0n) is 9.64. The standard InChI is InChI=1S/C10H8F3N3O2S/c1-18-8-6(4-16-9(17)19-5-14-16)2-3-7(15-8)10(11,12)13/h2-3,5H,4H2,1H3. The molecule has 0 aliphatic carbocycles. The highest BCUT2D eigenvalue weighted by molar-refractivity contribution is 7.06. The van der Waals surface area contributed by atoms with Crippen molar-refractivity contribution in [3.05, 3.63) is 38.6 Å². The Morgan fingerprint density at radius 2 is 2.16 bits per heavy atom. The van der Waals surface area contributed by atoms with Gasteiger partial charge in [-0.25, -0.2) is 9.67 Å². The Hall–Kier alpha value is -1.90. The van der Waals surface area contributed by atoms with Gasteiger partial charge < -0.3 is 4.74 Å². The topological polar surface area (TPSA) is 57.0 Å². The van der Waals surface area contributed by atoms with Crippen LogP contribution in [0.3, 0.4) is 0 Å². The van der Waals surface area contributed by atoms with Crippen molar-refractivity contribution in [2.75, 3.05) is 7.11 Å². The van der Waals surface area contributed by atoms with Gasteiger partial charge in [0.05, 0.1) is 13.7 Å². The molecular formula is C10H8F3N3O2S. The van der Waals surface area contributed by atoms with Crippen LogP contribution in [-0.4, -0.2) is 21.9 Å². The lowest BCUT2D eigenvalue weighted by atomic mass is 10.2. The van der Waals surface area contributed by atoms with Crippen molar-refractivity contribution < 1.29 is 17.9 Å². The van der Waals surface area contributed by atoms with Gasteiger partial charge in [0.25, 0.3) is 0 Å². The molecule has 102 valence electrons. The Bertz CT molecular complexity index is 635. The SMILES string of the molecule is COc1nc(C(F)(F)F)ccc1Cn1ncsc1=O.